The van der Waals surface area contributed by atoms with Crippen molar-refractivity contribution >= 4 is 5.97 Å². The van der Waals surface area contributed by atoms with Crippen molar-refractivity contribution in [3.8, 4) is 0 Å². The Hall–Kier alpha value is -0.650. The summed E-state index contributed by atoms with van der Waals surface area (Å²) in [4.78, 5) is 14.6. The largest absolute Gasteiger partial charge is 0.465 e. The van der Waals surface area contributed by atoms with Crippen molar-refractivity contribution in [3.63, 3.8) is 0 Å². The topological polar surface area (TPSA) is 50.8 Å². The Morgan fingerprint density at radius 2 is 2.19 bits per heavy atom. The van der Waals surface area contributed by atoms with Gasteiger partial charge in [0.05, 0.1) is 12.7 Å². The SMILES string of the molecule is CCOC(=O)C(C)(CN(CC)CC1CCCO1)NC(C)C. The zero-order chi connectivity index (χ0) is 15.9. The molecule has 2 unspecified atom stereocenters. The first-order valence-corrected chi connectivity index (χ1v) is 8.20. The van der Waals surface area contributed by atoms with Crippen LogP contribution >= 0.6 is 0 Å². The van der Waals surface area contributed by atoms with E-state index in [-0.39, 0.29) is 12.0 Å². The lowest BCUT2D eigenvalue weighted by atomic mass is 10.00. The average Bonchev–Trinajstić information content (AvgIpc) is 2.90. The molecule has 1 N–H and O–H groups in total. The highest BCUT2D eigenvalue weighted by atomic mass is 16.5. The number of carbonyl (C=O) groups excluding carboxylic acids is 1. The zero-order valence-corrected chi connectivity index (χ0v) is 14.3. The minimum atomic E-state index is -0.682. The third-order valence-corrected chi connectivity index (χ3v) is 3.81. The number of nitrogens with one attached hydrogen (secondary N) is 1. The monoisotopic (exact) mass is 300 g/mol. The van der Waals surface area contributed by atoms with E-state index in [1.807, 2.05) is 27.7 Å². The first-order chi connectivity index (χ1) is 9.91. The van der Waals surface area contributed by atoms with Gasteiger partial charge in [-0.2, -0.15) is 0 Å². The van der Waals surface area contributed by atoms with Crippen LogP contribution in [-0.2, 0) is 14.3 Å². The Labute approximate surface area is 129 Å². The molecule has 2 atom stereocenters. The Morgan fingerprint density at radius 1 is 1.48 bits per heavy atom. The van der Waals surface area contributed by atoms with Crippen molar-refractivity contribution in [2.24, 2.45) is 0 Å². The molecular weight excluding hydrogens is 268 g/mol. The average molecular weight is 300 g/mol. The van der Waals surface area contributed by atoms with Gasteiger partial charge >= 0.3 is 5.97 Å². The van der Waals surface area contributed by atoms with E-state index in [2.05, 4.69) is 17.1 Å². The lowest BCUT2D eigenvalue weighted by Crippen LogP contribution is -2.60. The molecule has 0 spiro atoms. The smallest absolute Gasteiger partial charge is 0.327 e. The quantitative estimate of drug-likeness (QED) is 0.658. The van der Waals surface area contributed by atoms with Crippen LogP contribution in [0.2, 0.25) is 0 Å². The molecule has 0 radical (unpaired) electrons. The number of ether oxygens (including phenoxy) is 2. The Kier molecular flexibility index (Phi) is 7.63. The highest BCUT2D eigenvalue weighted by molar-refractivity contribution is 5.80. The van der Waals surface area contributed by atoms with Gasteiger partial charge in [0, 0.05) is 25.7 Å². The fourth-order valence-electron chi connectivity index (χ4n) is 2.93. The number of rotatable bonds is 9. The van der Waals surface area contributed by atoms with Gasteiger partial charge in [-0.15, -0.1) is 0 Å². The van der Waals surface area contributed by atoms with E-state index in [4.69, 9.17) is 9.47 Å². The molecule has 0 aromatic heterocycles. The normalized spacial score (nSPS) is 21.8. The van der Waals surface area contributed by atoms with E-state index < -0.39 is 5.54 Å². The number of likely N-dealkylation sites (N-methyl/N-ethyl adjacent to an activating group) is 1. The minimum Gasteiger partial charge on any atom is -0.465 e. The van der Waals surface area contributed by atoms with Gasteiger partial charge in [-0.3, -0.25) is 15.0 Å². The van der Waals surface area contributed by atoms with Crippen molar-refractivity contribution in [2.75, 3.05) is 32.8 Å². The van der Waals surface area contributed by atoms with Crippen molar-refractivity contribution in [3.05, 3.63) is 0 Å². The van der Waals surface area contributed by atoms with Crippen LogP contribution in [0.5, 0.6) is 0 Å². The summed E-state index contributed by atoms with van der Waals surface area (Å²) in [5, 5.41) is 3.37. The van der Waals surface area contributed by atoms with Gasteiger partial charge in [0.15, 0.2) is 0 Å². The molecule has 0 aromatic rings. The molecule has 0 aliphatic carbocycles. The molecule has 21 heavy (non-hydrogen) atoms. The fourth-order valence-corrected chi connectivity index (χ4v) is 2.93. The number of nitrogens with zero attached hydrogens (tertiary/aromatic N) is 1. The maximum atomic E-state index is 12.3. The maximum absolute atomic E-state index is 12.3. The van der Waals surface area contributed by atoms with Crippen LogP contribution in [0.25, 0.3) is 0 Å². The van der Waals surface area contributed by atoms with Crippen molar-refractivity contribution in [2.45, 2.75) is 65.1 Å². The minimum absolute atomic E-state index is 0.176. The molecule has 0 saturated carbocycles. The third-order valence-electron chi connectivity index (χ3n) is 3.81. The fraction of sp³-hybridized carbons (Fsp3) is 0.938. The van der Waals surface area contributed by atoms with Gasteiger partial charge in [-0.1, -0.05) is 6.92 Å². The highest BCUT2D eigenvalue weighted by Crippen LogP contribution is 2.16. The summed E-state index contributed by atoms with van der Waals surface area (Å²) in [6.07, 6.45) is 2.56. The summed E-state index contributed by atoms with van der Waals surface area (Å²) in [7, 11) is 0. The van der Waals surface area contributed by atoms with E-state index >= 15 is 0 Å². The molecule has 0 amide bonds. The first kappa shape index (κ1) is 18.4. The van der Waals surface area contributed by atoms with Gasteiger partial charge < -0.3 is 9.47 Å². The second-order valence-electron chi connectivity index (χ2n) is 6.31. The summed E-state index contributed by atoms with van der Waals surface area (Å²) in [5.74, 6) is -0.176. The van der Waals surface area contributed by atoms with E-state index in [0.717, 1.165) is 32.5 Å². The van der Waals surface area contributed by atoms with Crippen LogP contribution in [0.15, 0.2) is 0 Å². The molecule has 1 rings (SSSR count). The van der Waals surface area contributed by atoms with Gasteiger partial charge in [0.2, 0.25) is 0 Å². The third kappa shape index (κ3) is 5.93. The van der Waals surface area contributed by atoms with Crippen LogP contribution in [0.3, 0.4) is 0 Å². The predicted molar refractivity (Wildman–Crippen MR) is 84.4 cm³/mol. The predicted octanol–water partition coefficient (Wildman–Crippen LogP) is 1.81. The first-order valence-electron chi connectivity index (χ1n) is 8.20. The van der Waals surface area contributed by atoms with E-state index in [1.54, 1.807) is 0 Å². The molecule has 1 saturated heterocycles. The molecule has 1 aliphatic heterocycles. The van der Waals surface area contributed by atoms with E-state index in [1.165, 1.54) is 0 Å². The van der Waals surface area contributed by atoms with Crippen LogP contribution in [-0.4, -0.2) is 61.4 Å². The molecule has 0 bridgehead atoms. The van der Waals surface area contributed by atoms with Gasteiger partial charge in [-0.05, 0) is 47.1 Å². The van der Waals surface area contributed by atoms with E-state index in [9.17, 15) is 4.79 Å². The Bertz CT molecular complexity index is 317. The summed E-state index contributed by atoms with van der Waals surface area (Å²) in [5.41, 5.74) is -0.682. The molecule has 5 nitrogen and oxygen atoms in total. The lowest BCUT2D eigenvalue weighted by Gasteiger charge is -2.36. The second kappa shape index (κ2) is 8.71. The molecule has 1 heterocycles. The standard InChI is InChI=1S/C16H32N2O3/c1-6-18(11-14-9-8-10-21-14)12-16(5,17-13(3)4)15(19)20-7-2/h13-14,17H,6-12H2,1-5H3. The number of esters is 1. The molecule has 1 fully saturated rings. The summed E-state index contributed by atoms with van der Waals surface area (Å²) in [6, 6.07) is 0.223. The van der Waals surface area contributed by atoms with Crippen molar-refractivity contribution in [1.82, 2.24) is 10.2 Å². The Morgan fingerprint density at radius 3 is 2.67 bits per heavy atom. The number of carbonyl (C=O) groups is 1. The molecule has 124 valence electrons. The lowest BCUT2D eigenvalue weighted by molar-refractivity contribution is -0.151. The molecule has 0 aromatic carbocycles. The van der Waals surface area contributed by atoms with Crippen molar-refractivity contribution in [1.29, 1.82) is 0 Å². The molecular formula is C16H32N2O3. The summed E-state index contributed by atoms with van der Waals surface area (Å²) >= 11 is 0. The van der Waals surface area contributed by atoms with Crippen LogP contribution < -0.4 is 5.32 Å². The van der Waals surface area contributed by atoms with E-state index in [0.29, 0.717) is 19.3 Å². The number of hydrogen-bond donors (Lipinski definition) is 1. The van der Waals surface area contributed by atoms with Crippen LogP contribution in [0.4, 0.5) is 0 Å². The van der Waals surface area contributed by atoms with Gasteiger partial charge in [0.1, 0.15) is 5.54 Å². The summed E-state index contributed by atoms with van der Waals surface area (Å²) in [6.45, 7) is 13.7. The Balaban J connectivity index is 2.69. The van der Waals surface area contributed by atoms with Gasteiger partial charge in [0.25, 0.3) is 0 Å². The summed E-state index contributed by atoms with van der Waals surface area (Å²) < 4.78 is 11.0. The second-order valence-corrected chi connectivity index (χ2v) is 6.31. The van der Waals surface area contributed by atoms with Crippen LogP contribution in [0.1, 0.15) is 47.5 Å². The molecule has 5 heteroatoms. The highest BCUT2D eigenvalue weighted by Gasteiger charge is 2.37. The van der Waals surface area contributed by atoms with Crippen LogP contribution in [0, 0.1) is 0 Å². The van der Waals surface area contributed by atoms with Gasteiger partial charge in [-0.25, -0.2) is 0 Å². The zero-order valence-electron chi connectivity index (χ0n) is 14.3. The number of hydrogen-bond acceptors (Lipinski definition) is 5. The van der Waals surface area contributed by atoms with Crippen molar-refractivity contribution < 1.29 is 14.3 Å². The maximum Gasteiger partial charge on any atom is 0.327 e. The molecule has 1 aliphatic rings.